The summed E-state index contributed by atoms with van der Waals surface area (Å²) in [6.45, 7) is 3.79. The van der Waals surface area contributed by atoms with Gasteiger partial charge in [0.2, 0.25) is 5.89 Å². The number of carbonyl (C=O) groups excluding carboxylic acids is 1. The number of H-pyrrole nitrogens is 1. The fraction of sp³-hybridized carbons (Fsp3) is 0.308. The lowest BCUT2D eigenvalue weighted by molar-refractivity contribution is -0.384. The van der Waals surface area contributed by atoms with Crippen LogP contribution in [0.2, 0.25) is 0 Å². The van der Waals surface area contributed by atoms with Crippen LogP contribution in [0.5, 0.6) is 0 Å². The van der Waals surface area contributed by atoms with E-state index >= 15 is 0 Å². The molecule has 0 saturated heterocycles. The molecule has 1 aromatic carbocycles. The molecule has 1 amide bonds. The Bertz CT molecular complexity index is 735. The number of non-ortho nitro benzene ring substituents is 1. The summed E-state index contributed by atoms with van der Waals surface area (Å²) >= 11 is 4.82. The number of nitro groups is 1. The van der Waals surface area contributed by atoms with Crippen LogP contribution in [-0.4, -0.2) is 21.0 Å². The number of aromatic nitrogens is 2. The summed E-state index contributed by atoms with van der Waals surface area (Å²) in [5, 5.41) is 19.8. The molecular formula is C13H14N4O4S. The first-order valence-corrected chi connectivity index (χ1v) is 6.90. The van der Waals surface area contributed by atoms with Crippen molar-refractivity contribution in [1.29, 1.82) is 0 Å². The van der Waals surface area contributed by atoms with Crippen LogP contribution in [0.3, 0.4) is 0 Å². The van der Waals surface area contributed by atoms with Gasteiger partial charge in [0.25, 0.3) is 16.4 Å². The van der Waals surface area contributed by atoms with Crippen LogP contribution in [-0.2, 0) is 0 Å². The largest absolute Gasteiger partial charge is 0.412 e. The predicted molar refractivity (Wildman–Crippen MR) is 79.8 cm³/mol. The lowest BCUT2D eigenvalue weighted by Crippen LogP contribution is -2.32. The molecule has 1 heterocycles. The molecule has 0 aliphatic heterocycles. The van der Waals surface area contributed by atoms with Crippen molar-refractivity contribution in [2.45, 2.75) is 19.9 Å². The number of nitrogens with zero attached hydrogens (tertiary/aromatic N) is 2. The average Bonchev–Trinajstić information content (AvgIpc) is 2.90. The van der Waals surface area contributed by atoms with E-state index in [2.05, 4.69) is 15.5 Å². The van der Waals surface area contributed by atoms with Crippen molar-refractivity contribution in [1.82, 2.24) is 15.5 Å². The van der Waals surface area contributed by atoms with Gasteiger partial charge in [-0.15, -0.1) is 5.10 Å². The first-order chi connectivity index (χ1) is 10.4. The number of nitrogens with one attached hydrogen (secondary N) is 2. The summed E-state index contributed by atoms with van der Waals surface area (Å²) < 4.78 is 5.24. The first kappa shape index (κ1) is 15.8. The van der Waals surface area contributed by atoms with E-state index in [1.54, 1.807) is 0 Å². The Morgan fingerprint density at radius 3 is 2.50 bits per heavy atom. The van der Waals surface area contributed by atoms with Gasteiger partial charge in [0.15, 0.2) is 0 Å². The average molecular weight is 322 g/mol. The molecule has 22 heavy (non-hydrogen) atoms. The van der Waals surface area contributed by atoms with Crippen molar-refractivity contribution in [3.05, 3.63) is 50.7 Å². The van der Waals surface area contributed by atoms with E-state index in [0.717, 1.165) is 0 Å². The molecule has 0 bridgehead atoms. The van der Waals surface area contributed by atoms with Gasteiger partial charge in [0.1, 0.15) is 6.04 Å². The summed E-state index contributed by atoms with van der Waals surface area (Å²) in [5.41, 5.74) is 0.236. The van der Waals surface area contributed by atoms with Crippen molar-refractivity contribution in [2.24, 2.45) is 5.92 Å². The molecule has 116 valence electrons. The topological polar surface area (TPSA) is 114 Å². The maximum atomic E-state index is 12.2. The fourth-order valence-electron chi connectivity index (χ4n) is 1.85. The predicted octanol–water partition coefficient (Wildman–Crippen LogP) is 2.77. The monoisotopic (exact) mass is 322 g/mol. The summed E-state index contributed by atoms with van der Waals surface area (Å²) in [6.07, 6.45) is 0. The van der Waals surface area contributed by atoms with E-state index < -0.39 is 11.0 Å². The fourth-order valence-corrected chi connectivity index (χ4v) is 1.98. The minimum absolute atomic E-state index is 0.0171. The van der Waals surface area contributed by atoms with Crippen molar-refractivity contribution in [3.8, 4) is 0 Å². The molecule has 0 aliphatic carbocycles. The van der Waals surface area contributed by atoms with Crippen molar-refractivity contribution >= 4 is 23.8 Å². The third-order valence-electron chi connectivity index (χ3n) is 3.01. The standard InChI is InChI=1S/C13H14N4O4S/c1-7(2)10(12-15-16-13(22)21-12)14-11(18)8-3-5-9(6-4-8)17(19)20/h3-7,10H,1-2H3,(H,14,18)(H,16,22)/t10-/m0/s1. The number of benzene rings is 1. The minimum atomic E-state index is -0.522. The molecule has 0 spiro atoms. The molecule has 2 rings (SSSR count). The summed E-state index contributed by atoms with van der Waals surface area (Å²) in [5.74, 6) is -0.0728. The second kappa shape index (κ2) is 6.48. The van der Waals surface area contributed by atoms with Crippen LogP contribution in [0.25, 0.3) is 0 Å². The number of aromatic amines is 1. The highest BCUT2D eigenvalue weighted by molar-refractivity contribution is 7.71. The minimum Gasteiger partial charge on any atom is -0.412 e. The highest BCUT2D eigenvalue weighted by atomic mass is 32.1. The number of rotatable bonds is 5. The molecule has 8 nitrogen and oxygen atoms in total. The van der Waals surface area contributed by atoms with Crippen molar-refractivity contribution in [2.75, 3.05) is 0 Å². The van der Waals surface area contributed by atoms with Crippen LogP contribution in [0.15, 0.2) is 28.7 Å². The Labute approximate surface area is 130 Å². The Morgan fingerprint density at radius 2 is 2.05 bits per heavy atom. The quantitative estimate of drug-likeness (QED) is 0.497. The molecule has 0 aliphatic rings. The molecule has 0 unspecified atom stereocenters. The molecule has 2 aromatic rings. The van der Waals surface area contributed by atoms with Gasteiger partial charge in [0.05, 0.1) is 4.92 Å². The third-order valence-corrected chi connectivity index (χ3v) is 3.19. The lowest BCUT2D eigenvalue weighted by Gasteiger charge is -2.18. The van der Waals surface area contributed by atoms with Gasteiger partial charge in [-0.05, 0) is 30.3 Å². The summed E-state index contributed by atoms with van der Waals surface area (Å²) in [7, 11) is 0. The van der Waals surface area contributed by atoms with Crippen LogP contribution in [0.1, 0.15) is 36.1 Å². The maximum Gasteiger partial charge on any atom is 0.284 e. The van der Waals surface area contributed by atoms with E-state index in [9.17, 15) is 14.9 Å². The maximum absolute atomic E-state index is 12.2. The first-order valence-electron chi connectivity index (χ1n) is 6.49. The van der Waals surface area contributed by atoms with Crippen LogP contribution in [0.4, 0.5) is 5.69 Å². The highest BCUT2D eigenvalue weighted by Crippen LogP contribution is 2.21. The van der Waals surface area contributed by atoms with Gasteiger partial charge in [-0.3, -0.25) is 14.9 Å². The van der Waals surface area contributed by atoms with E-state index in [4.69, 9.17) is 16.6 Å². The Balaban J connectivity index is 2.17. The number of amides is 1. The van der Waals surface area contributed by atoms with Gasteiger partial charge < -0.3 is 9.73 Å². The number of hydrogen-bond acceptors (Lipinski definition) is 6. The van der Waals surface area contributed by atoms with Gasteiger partial charge in [-0.1, -0.05) is 13.8 Å². The van der Waals surface area contributed by atoms with Gasteiger partial charge in [-0.25, -0.2) is 5.10 Å². The second-order valence-electron chi connectivity index (χ2n) is 4.95. The van der Waals surface area contributed by atoms with E-state index in [1.165, 1.54) is 24.3 Å². The highest BCUT2D eigenvalue weighted by Gasteiger charge is 2.24. The molecule has 2 N–H and O–H groups in total. The zero-order chi connectivity index (χ0) is 16.3. The summed E-state index contributed by atoms with van der Waals surface area (Å²) in [6, 6.07) is 4.88. The van der Waals surface area contributed by atoms with Crippen LogP contribution >= 0.6 is 12.2 Å². The Hall–Kier alpha value is -2.55. The van der Waals surface area contributed by atoms with Gasteiger partial charge in [0, 0.05) is 17.7 Å². The molecule has 0 saturated carbocycles. The van der Waals surface area contributed by atoms with Crippen molar-refractivity contribution < 1.29 is 14.1 Å². The Morgan fingerprint density at radius 1 is 1.41 bits per heavy atom. The molecule has 0 radical (unpaired) electrons. The zero-order valence-corrected chi connectivity index (χ0v) is 12.7. The smallest absolute Gasteiger partial charge is 0.284 e. The van der Waals surface area contributed by atoms with Gasteiger partial charge in [-0.2, -0.15) is 0 Å². The lowest BCUT2D eigenvalue weighted by atomic mass is 10.0. The van der Waals surface area contributed by atoms with Gasteiger partial charge >= 0.3 is 0 Å². The number of hydrogen-bond donors (Lipinski definition) is 2. The van der Waals surface area contributed by atoms with E-state index in [0.29, 0.717) is 5.56 Å². The molecular weight excluding hydrogens is 308 g/mol. The van der Waals surface area contributed by atoms with E-state index in [1.807, 2.05) is 13.8 Å². The van der Waals surface area contributed by atoms with E-state index in [-0.39, 0.29) is 28.2 Å². The summed E-state index contributed by atoms with van der Waals surface area (Å²) in [4.78, 5) is 22.4. The molecule has 1 atom stereocenters. The number of carbonyl (C=O) groups is 1. The number of nitro benzene ring substituents is 1. The third kappa shape index (κ3) is 3.55. The molecule has 9 heteroatoms. The van der Waals surface area contributed by atoms with Crippen LogP contribution in [0, 0.1) is 20.9 Å². The van der Waals surface area contributed by atoms with Crippen molar-refractivity contribution in [3.63, 3.8) is 0 Å². The molecule has 0 fully saturated rings. The second-order valence-corrected chi connectivity index (χ2v) is 5.32. The Kier molecular flexibility index (Phi) is 4.66. The van der Waals surface area contributed by atoms with Crippen LogP contribution < -0.4 is 5.32 Å². The normalized spacial score (nSPS) is 12.1. The molecule has 1 aromatic heterocycles. The zero-order valence-electron chi connectivity index (χ0n) is 11.9. The SMILES string of the molecule is CC(C)[C@H](NC(=O)c1ccc([N+](=O)[O-])cc1)c1n[nH]c(=S)o1.